The highest BCUT2D eigenvalue weighted by Crippen LogP contribution is 2.27. The second-order valence-electron chi connectivity index (χ2n) is 10.5. The molecule has 0 saturated carbocycles. The Morgan fingerprint density at radius 2 is 1.73 bits per heavy atom. The highest BCUT2D eigenvalue weighted by Gasteiger charge is 2.49. The number of aliphatic hydroxyl groups excluding tert-OH is 3. The number of esters is 1. The Balaban J connectivity index is 1.74. The quantitative estimate of drug-likeness (QED) is 0.170. The molecule has 2 aromatic heterocycles. The lowest BCUT2D eigenvalue weighted by Crippen LogP contribution is -2.61. The van der Waals surface area contributed by atoms with E-state index in [2.05, 4.69) is 30.6 Å². The summed E-state index contributed by atoms with van der Waals surface area (Å²) in [6.07, 6.45) is -9.70. The molecule has 5 N–H and O–H groups in total. The number of halogens is 1. The summed E-state index contributed by atoms with van der Waals surface area (Å²) < 4.78 is 34.9. The van der Waals surface area contributed by atoms with Crippen LogP contribution in [0.25, 0.3) is 0 Å². The summed E-state index contributed by atoms with van der Waals surface area (Å²) in [5, 5.41) is 43.5. The van der Waals surface area contributed by atoms with Crippen LogP contribution in [0.3, 0.4) is 0 Å². The average Bonchev–Trinajstić information content (AvgIpc) is 3.44. The van der Waals surface area contributed by atoms with E-state index in [0.717, 1.165) is 11.7 Å². The number of nitrogens with zero attached hydrogens (tertiary/aromatic N) is 4. The van der Waals surface area contributed by atoms with Crippen molar-refractivity contribution < 1.29 is 52.7 Å². The Morgan fingerprint density at radius 1 is 1.07 bits per heavy atom. The zero-order valence-corrected chi connectivity index (χ0v) is 24.7. The largest absolute Gasteiger partial charge is 0.467 e. The highest BCUT2D eigenvalue weighted by molar-refractivity contribution is 5.95. The van der Waals surface area contributed by atoms with Crippen LogP contribution >= 0.6 is 0 Å². The van der Waals surface area contributed by atoms with Crippen LogP contribution < -0.4 is 20.9 Å². The highest BCUT2D eigenvalue weighted by atomic mass is 19.1. The van der Waals surface area contributed by atoms with Crippen molar-refractivity contribution in [3.05, 3.63) is 69.3 Å². The molecule has 0 bridgehead atoms. The number of aliphatic hydroxyl groups is 3. The minimum absolute atomic E-state index is 0.129. The first kappa shape index (κ1) is 33.1. The minimum Gasteiger partial charge on any atom is -0.467 e. The molecular formula is C27H31FN6O11. The van der Waals surface area contributed by atoms with E-state index in [1.165, 1.54) is 52.1 Å². The topological polar surface area (TPSA) is 237 Å². The summed E-state index contributed by atoms with van der Waals surface area (Å²) in [5.74, 6) is -4.56. The van der Waals surface area contributed by atoms with Gasteiger partial charge in [0.1, 0.15) is 30.0 Å². The van der Waals surface area contributed by atoms with E-state index < -0.39 is 76.8 Å². The van der Waals surface area contributed by atoms with Crippen LogP contribution in [0, 0.1) is 12.7 Å². The van der Waals surface area contributed by atoms with E-state index in [4.69, 9.17) is 13.9 Å². The number of nitrogens with one attached hydrogen (secondary N) is 2. The maximum absolute atomic E-state index is 13.7. The van der Waals surface area contributed by atoms with Gasteiger partial charge in [-0.1, -0.05) is 12.1 Å². The second kappa shape index (κ2) is 13.1. The molecule has 0 unspecified atom stereocenters. The van der Waals surface area contributed by atoms with E-state index in [-0.39, 0.29) is 24.2 Å². The van der Waals surface area contributed by atoms with E-state index in [1.54, 1.807) is 0 Å². The predicted octanol–water partition coefficient (Wildman–Crippen LogP) is -1.43. The normalized spacial score (nSPS) is 21.6. The molecule has 0 aliphatic carbocycles. The molecule has 2 amide bonds. The molecule has 18 heteroatoms. The lowest BCUT2D eigenvalue weighted by Gasteiger charge is -2.38. The van der Waals surface area contributed by atoms with Gasteiger partial charge in [0.15, 0.2) is 11.8 Å². The minimum atomic E-state index is -2.01. The molecule has 1 aromatic carbocycles. The van der Waals surface area contributed by atoms with Crippen molar-refractivity contribution in [2.45, 2.75) is 63.6 Å². The van der Waals surface area contributed by atoms with Crippen molar-refractivity contribution in [2.75, 3.05) is 7.11 Å². The van der Waals surface area contributed by atoms with Gasteiger partial charge >= 0.3 is 17.8 Å². The van der Waals surface area contributed by atoms with Crippen molar-refractivity contribution in [1.29, 1.82) is 0 Å². The van der Waals surface area contributed by atoms with Gasteiger partial charge in [-0.05, 0) is 31.5 Å². The summed E-state index contributed by atoms with van der Waals surface area (Å²) in [6, 6.07) is 5.19. The predicted molar refractivity (Wildman–Crippen MR) is 146 cm³/mol. The van der Waals surface area contributed by atoms with Gasteiger partial charge in [-0.3, -0.25) is 19.0 Å². The first-order valence-corrected chi connectivity index (χ1v) is 13.4. The molecule has 45 heavy (non-hydrogen) atoms. The van der Waals surface area contributed by atoms with Gasteiger partial charge in [-0.25, -0.2) is 14.2 Å². The summed E-state index contributed by atoms with van der Waals surface area (Å²) in [7, 11) is 2.25. The fourth-order valence-electron chi connectivity index (χ4n) is 4.42. The molecule has 1 fully saturated rings. The summed E-state index contributed by atoms with van der Waals surface area (Å²) in [5.41, 5.74) is -2.62. The first-order chi connectivity index (χ1) is 21.1. The fourth-order valence-corrected chi connectivity index (χ4v) is 4.42. The van der Waals surface area contributed by atoms with Crippen molar-refractivity contribution >= 4 is 17.8 Å². The van der Waals surface area contributed by atoms with Crippen molar-refractivity contribution in [2.24, 2.45) is 7.05 Å². The van der Waals surface area contributed by atoms with E-state index in [9.17, 15) is 38.9 Å². The standard InChI is InChI=1S/C27H31FN6O11/c1-11-32-33-22(43-11)21(39)31-27(2,3)26-30-14(20(38)29-10-12-6-8-13(28)9-7-12)18(23(40)34(26)4)44-25-17(37)15(35)16(36)19(45-25)24(41)42-5/h6-9,15-17,19,25,35-37H,10H2,1-5H3,(H,29,38)(H,31,39)/t15-,16-,17+,19-,25+/m0/s1. The third-order valence-corrected chi connectivity index (χ3v) is 6.77. The van der Waals surface area contributed by atoms with Gasteiger partial charge in [-0.2, -0.15) is 0 Å². The molecule has 17 nitrogen and oxygen atoms in total. The molecule has 0 radical (unpaired) electrons. The van der Waals surface area contributed by atoms with Gasteiger partial charge < -0.3 is 44.6 Å². The Kier molecular flexibility index (Phi) is 9.62. The third-order valence-electron chi connectivity index (χ3n) is 6.77. The lowest BCUT2D eigenvalue weighted by atomic mass is 9.99. The molecule has 1 aliphatic rings. The monoisotopic (exact) mass is 634 g/mol. The number of hydrogen-bond donors (Lipinski definition) is 5. The summed E-state index contributed by atoms with van der Waals surface area (Å²) in [4.78, 5) is 56.5. The van der Waals surface area contributed by atoms with Gasteiger partial charge in [0, 0.05) is 20.5 Å². The van der Waals surface area contributed by atoms with Crippen molar-refractivity contribution in [1.82, 2.24) is 30.4 Å². The van der Waals surface area contributed by atoms with E-state index in [1.807, 2.05) is 0 Å². The zero-order chi connectivity index (χ0) is 33.2. The van der Waals surface area contributed by atoms with Crippen LogP contribution in [0.4, 0.5) is 4.39 Å². The van der Waals surface area contributed by atoms with Crippen LogP contribution in [-0.2, 0) is 33.4 Å². The van der Waals surface area contributed by atoms with E-state index in [0.29, 0.717) is 5.56 Å². The Hall–Kier alpha value is -4.78. The van der Waals surface area contributed by atoms with Gasteiger partial charge in [-0.15, -0.1) is 10.2 Å². The summed E-state index contributed by atoms with van der Waals surface area (Å²) >= 11 is 0. The average molecular weight is 635 g/mol. The molecule has 5 atom stereocenters. The second-order valence-corrected chi connectivity index (χ2v) is 10.5. The first-order valence-electron chi connectivity index (χ1n) is 13.4. The van der Waals surface area contributed by atoms with Gasteiger partial charge in [0.2, 0.25) is 17.9 Å². The number of amides is 2. The van der Waals surface area contributed by atoms with E-state index >= 15 is 0 Å². The number of ether oxygens (including phenoxy) is 3. The number of benzene rings is 1. The maximum Gasteiger partial charge on any atom is 0.337 e. The molecular weight excluding hydrogens is 603 g/mol. The number of rotatable bonds is 9. The van der Waals surface area contributed by atoms with Crippen LogP contribution in [0.2, 0.25) is 0 Å². The zero-order valence-electron chi connectivity index (χ0n) is 24.7. The number of carbonyl (C=O) groups is 3. The molecule has 3 aromatic rings. The third kappa shape index (κ3) is 6.98. The van der Waals surface area contributed by atoms with Crippen LogP contribution in [0.15, 0.2) is 33.5 Å². The van der Waals surface area contributed by atoms with Gasteiger partial charge in [0.25, 0.3) is 11.5 Å². The maximum atomic E-state index is 13.7. The molecule has 4 rings (SSSR count). The number of aromatic nitrogens is 4. The summed E-state index contributed by atoms with van der Waals surface area (Å²) in [6.45, 7) is 4.29. The molecule has 0 spiro atoms. The van der Waals surface area contributed by atoms with Crippen LogP contribution in [0.5, 0.6) is 5.75 Å². The molecule has 3 heterocycles. The molecule has 242 valence electrons. The number of aryl methyl sites for hydroxylation is 1. The number of hydrogen-bond acceptors (Lipinski definition) is 14. The molecule has 1 saturated heterocycles. The number of carbonyl (C=O) groups excluding carboxylic acids is 3. The Labute approximate surface area is 253 Å². The number of methoxy groups -OCH3 is 1. The van der Waals surface area contributed by atoms with Crippen molar-refractivity contribution in [3.63, 3.8) is 0 Å². The smallest absolute Gasteiger partial charge is 0.337 e. The molecule has 1 aliphatic heterocycles. The van der Waals surface area contributed by atoms with Gasteiger partial charge in [0.05, 0.1) is 12.6 Å². The fraction of sp³-hybridized carbons (Fsp3) is 0.444. The Bertz CT molecular complexity index is 1640. The lowest BCUT2D eigenvalue weighted by molar-refractivity contribution is -0.272. The SMILES string of the molecule is COC(=O)[C@H]1O[C@@H](Oc2c(C(=O)NCc3ccc(F)cc3)nc(C(C)(C)NC(=O)c3nnc(C)o3)n(C)c2=O)[C@H](O)[C@@H](O)[C@@H]1O. The van der Waals surface area contributed by atoms with Crippen molar-refractivity contribution in [3.8, 4) is 5.75 Å². The van der Waals surface area contributed by atoms with Crippen LogP contribution in [0.1, 0.15) is 52.3 Å². The van der Waals surface area contributed by atoms with Crippen LogP contribution in [-0.4, -0.2) is 90.7 Å². The Morgan fingerprint density at radius 3 is 2.33 bits per heavy atom.